The summed E-state index contributed by atoms with van der Waals surface area (Å²) in [5, 5.41) is 12.8. The topological polar surface area (TPSA) is 41.5 Å². The zero-order chi connectivity index (χ0) is 14.6. The summed E-state index contributed by atoms with van der Waals surface area (Å²) < 4.78 is 5.66. The Hall–Kier alpha value is -1.06. The fourth-order valence-electron chi connectivity index (χ4n) is 1.94. The fraction of sp³-hybridized carbons (Fsp3) is 0.625. The standard InChI is InChI=1S/C16H27NO2/c1-11-7-14(9-17-16(4,5)6)8-12(2)15(11)19-10-13(3)18/h7-8,13,17-18H,9-10H2,1-6H3. The van der Waals surface area contributed by atoms with Crippen LogP contribution in [0.5, 0.6) is 5.75 Å². The molecule has 0 saturated heterocycles. The third kappa shape index (κ3) is 5.62. The second-order valence-corrected chi connectivity index (χ2v) is 6.32. The Balaban J connectivity index is 2.79. The van der Waals surface area contributed by atoms with Gasteiger partial charge in [-0.3, -0.25) is 0 Å². The van der Waals surface area contributed by atoms with Gasteiger partial charge in [-0.25, -0.2) is 0 Å². The van der Waals surface area contributed by atoms with E-state index in [2.05, 4.69) is 38.2 Å². The van der Waals surface area contributed by atoms with Crippen LogP contribution >= 0.6 is 0 Å². The summed E-state index contributed by atoms with van der Waals surface area (Å²) in [5.74, 6) is 0.889. The van der Waals surface area contributed by atoms with E-state index in [4.69, 9.17) is 4.74 Å². The highest BCUT2D eigenvalue weighted by atomic mass is 16.5. The smallest absolute Gasteiger partial charge is 0.125 e. The van der Waals surface area contributed by atoms with Crippen molar-refractivity contribution >= 4 is 0 Å². The average Bonchev–Trinajstić information content (AvgIpc) is 2.23. The van der Waals surface area contributed by atoms with Gasteiger partial charge in [-0.05, 0) is 58.2 Å². The van der Waals surface area contributed by atoms with Gasteiger partial charge in [-0.1, -0.05) is 12.1 Å². The molecule has 1 aromatic rings. The van der Waals surface area contributed by atoms with Gasteiger partial charge in [0.25, 0.3) is 0 Å². The average molecular weight is 265 g/mol. The molecule has 0 aliphatic carbocycles. The zero-order valence-corrected chi connectivity index (χ0v) is 13.0. The van der Waals surface area contributed by atoms with Crippen LogP contribution in [0.4, 0.5) is 0 Å². The number of ether oxygens (including phenoxy) is 1. The highest BCUT2D eigenvalue weighted by molar-refractivity contribution is 5.43. The van der Waals surface area contributed by atoms with Crippen molar-refractivity contribution in [3.8, 4) is 5.75 Å². The van der Waals surface area contributed by atoms with Crippen LogP contribution in [0.2, 0.25) is 0 Å². The van der Waals surface area contributed by atoms with Gasteiger partial charge in [0.2, 0.25) is 0 Å². The molecule has 1 atom stereocenters. The SMILES string of the molecule is Cc1cc(CNC(C)(C)C)cc(C)c1OCC(C)O. The Bertz CT molecular complexity index is 396. The lowest BCUT2D eigenvalue weighted by atomic mass is 10.0. The van der Waals surface area contributed by atoms with Crippen LogP contribution in [-0.2, 0) is 6.54 Å². The molecule has 2 N–H and O–H groups in total. The first kappa shape index (κ1) is 16.0. The van der Waals surface area contributed by atoms with Crippen molar-refractivity contribution in [1.29, 1.82) is 0 Å². The van der Waals surface area contributed by atoms with E-state index in [0.29, 0.717) is 6.61 Å². The minimum Gasteiger partial charge on any atom is -0.490 e. The first-order valence-electron chi connectivity index (χ1n) is 6.85. The molecular weight excluding hydrogens is 238 g/mol. The van der Waals surface area contributed by atoms with Crippen molar-refractivity contribution in [2.24, 2.45) is 0 Å². The van der Waals surface area contributed by atoms with Crippen molar-refractivity contribution in [3.63, 3.8) is 0 Å². The Kier molecular flexibility index (Phi) is 5.39. The molecule has 1 rings (SSSR count). The van der Waals surface area contributed by atoms with E-state index in [0.717, 1.165) is 23.4 Å². The minimum absolute atomic E-state index is 0.114. The summed E-state index contributed by atoms with van der Waals surface area (Å²) in [6, 6.07) is 4.28. The third-order valence-electron chi connectivity index (χ3n) is 2.81. The second-order valence-electron chi connectivity index (χ2n) is 6.32. The number of benzene rings is 1. The first-order chi connectivity index (χ1) is 8.69. The molecule has 1 aromatic carbocycles. The van der Waals surface area contributed by atoms with E-state index in [-0.39, 0.29) is 5.54 Å². The quantitative estimate of drug-likeness (QED) is 0.860. The van der Waals surface area contributed by atoms with Crippen molar-refractivity contribution in [2.45, 2.75) is 59.7 Å². The maximum Gasteiger partial charge on any atom is 0.125 e. The van der Waals surface area contributed by atoms with E-state index in [1.54, 1.807) is 6.92 Å². The van der Waals surface area contributed by atoms with Gasteiger partial charge in [-0.15, -0.1) is 0 Å². The maximum absolute atomic E-state index is 9.29. The molecular formula is C16H27NO2. The van der Waals surface area contributed by atoms with Crippen molar-refractivity contribution in [3.05, 3.63) is 28.8 Å². The van der Waals surface area contributed by atoms with E-state index in [1.807, 2.05) is 13.8 Å². The number of aliphatic hydroxyl groups excluding tert-OH is 1. The highest BCUT2D eigenvalue weighted by Gasteiger charge is 2.11. The van der Waals surface area contributed by atoms with Crippen molar-refractivity contribution in [2.75, 3.05) is 6.61 Å². The van der Waals surface area contributed by atoms with E-state index in [1.165, 1.54) is 5.56 Å². The summed E-state index contributed by atoms with van der Waals surface area (Å²) in [7, 11) is 0. The number of nitrogens with one attached hydrogen (secondary N) is 1. The van der Waals surface area contributed by atoms with Gasteiger partial charge >= 0.3 is 0 Å². The van der Waals surface area contributed by atoms with Gasteiger partial charge < -0.3 is 15.2 Å². The van der Waals surface area contributed by atoms with Gasteiger partial charge in [-0.2, -0.15) is 0 Å². The molecule has 0 radical (unpaired) electrons. The minimum atomic E-state index is -0.443. The monoisotopic (exact) mass is 265 g/mol. The third-order valence-corrected chi connectivity index (χ3v) is 2.81. The highest BCUT2D eigenvalue weighted by Crippen LogP contribution is 2.25. The molecule has 3 heteroatoms. The lowest BCUT2D eigenvalue weighted by molar-refractivity contribution is 0.122. The summed E-state index contributed by atoms with van der Waals surface area (Å²) in [6.07, 6.45) is -0.443. The summed E-state index contributed by atoms with van der Waals surface area (Å²) in [5.41, 5.74) is 3.61. The predicted molar refractivity (Wildman–Crippen MR) is 79.7 cm³/mol. The van der Waals surface area contributed by atoms with E-state index < -0.39 is 6.10 Å². The molecule has 0 amide bonds. The summed E-state index contributed by atoms with van der Waals surface area (Å²) >= 11 is 0. The number of aryl methyl sites for hydroxylation is 2. The van der Waals surface area contributed by atoms with E-state index >= 15 is 0 Å². The van der Waals surface area contributed by atoms with Crippen molar-refractivity contribution in [1.82, 2.24) is 5.32 Å². The first-order valence-corrected chi connectivity index (χ1v) is 6.85. The van der Waals surface area contributed by atoms with Crippen LogP contribution in [0.15, 0.2) is 12.1 Å². The van der Waals surface area contributed by atoms with E-state index in [9.17, 15) is 5.11 Å². The van der Waals surface area contributed by atoms with Crippen LogP contribution in [0, 0.1) is 13.8 Å². The Morgan fingerprint density at radius 3 is 2.16 bits per heavy atom. The molecule has 19 heavy (non-hydrogen) atoms. The normalized spacial score (nSPS) is 13.4. The lowest BCUT2D eigenvalue weighted by Gasteiger charge is -2.21. The maximum atomic E-state index is 9.29. The Morgan fingerprint density at radius 1 is 1.21 bits per heavy atom. The number of aliphatic hydroxyl groups is 1. The van der Waals surface area contributed by atoms with Gasteiger partial charge in [0.05, 0.1) is 6.10 Å². The largest absolute Gasteiger partial charge is 0.490 e. The molecule has 0 heterocycles. The van der Waals surface area contributed by atoms with Crippen molar-refractivity contribution < 1.29 is 9.84 Å². The molecule has 0 bridgehead atoms. The van der Waals surface area contributed by atoms with Crippen LogP contribution in [-0.4, -0.2) is 23.4 Å². The molecule has 3 nitrogen and oxygen atoms in total. The van der Waals surface area contributed by atoms with Gasteiger partial charge in [0.15, 0.2) is 0 Å². The van der Waals surface area contributed by atoms with Crippen LogP contribution in [0.25, 0.3) is 0 Å². The Morgan fingerprint density at radius 2 is 1.74 bits per heavy atom. The fourth-order valence-corrected chi connectivity index (χ4v) is 1.94. The summed E-state index contributed by atoms with van der Waals surface area (Å²) in [6.45, 7) is 13.5. The zero-order valence-electron chi connectivity index (χ0n) is 13.0. The summed E-state index contributed by atoms with van der Waals surface area (Å²) in [4.78, 5) is 0. The number of hydrogen-bond acceptors (Lipinski definition) is 3. The molecule has 0 saturated carbocycles. The molecule has 0 aliphatic heterocycles. The van der Waals surface area contributed by atoms with Crippen LogP contribution in [0.1, 0.15) is 44.4 Å². The molecule has 0 aliphatic rings. The molecule has 0 spiro atoms. The van der Waals surface area contributed by atoms with Gasteiger partial charge in [0, 0.05) is 12.1 Å². The molecule has 0 aromatic heterocycles. The number of rotatable bonds is 5. The Labute approximate surface area is 117 Å². The van der Waals surface area contributed by atoms with Gasteiger partial charge in [0.1, 0.15) is 12.4 Å². The predicted octanol–water partition coefficient (Wildman–Crippen LogP) is 2.95. The molecule has 0 fully saturated rings. The molecule has 108 valence electrons. The lowest BCUT2D eigenvalue weighted by Crippen LogP contribution is -2.35. The number of hydrogen-bond donors (Lipinski definition) is 2. The van der Waals surface area contributed by atoms with Crippen LogP contribution < -0.4 is 10.1 Å². The molecule has 1 unspecified atom stereocenters. The van der Waals surface area contributed by atoms with Crippen LogP contribution in [0.3, 0.4) is 0 Å². The second kappa shape index (κ2) is 6.40.